The van der Waals surface area contributed by atoms with E-state index in [1.807, 2.05) is 4.90 Å². The molecule has 0 saturated carbocycles. The first-order valence-electron chi connectivity index (χ1n) is 7.50. The van der Waals surface area contributed by atoms with E-state index >= 15 is 0 Å². The molecule has 0 aromatic rings. The molecule has 2 atom stereocenters. The standard InChI is InChI=1S/C14H27N3O/c1-2-3-6-13(15)14(18)17-10-7-12(11-17)16-8-4-5-9-16/h12-13H,2-11,15H2,1H3. The number of nitrogens with two attached hydrogens (primary N) is 1. The van der Waals surface area contributed by atoms with Gasteiger partial charge in [0.25, 0.3) is 0 Å². The fourth-order valence-electron chi connectivity index (χ4n) is 3.13. The number of carbonyl (C=O) groups is 1. The highest BCUT2D eigenvalue weighted by molar-refractivity contribution is 5.81. The van der Waals surface area contributed by atoms with Crippen molar-refractivity contribution in [3.05, 3.63) is 0 Å². The fourth-order valence-corrected chi connectivity index (χ4v) is 3.13. The molecule has 2 aliphatic heterocycles. The van der Waals surface area contributed by atoms with Gasteiger partial charge in [-0.15, -0.1) is 0 Å². The number of likely N-dealkylation sites (tertiary alicyclic amines) is 2. The minimum atomic E-state index is -0.276. The van der Waals surface area contributed by atoms with E-state index in [4.69, 9.17) is 5.73 Å². The Morgan fingerprint density at radius 1 is 1.33 bits per heavy atom. The molecule has 4 heteroatoms. The number of hydrogen-bond donors (Lipinski definition) is 1. The average Bonchev–Trinajstić information content (AvgIpc) is 3.04. The summed E-state index contributed by atoms with van der Waals surface area (Å²) in [7, 11) is 0. The first kappa shape index (κ1) is 13.8. The minimum absolute atomic E-state index is 0.171. The van der Waals surface area contributed by atoms with Gasteiger partial charge in [0, 0.05) is 19.1 Å². The number of rotatable bonds is 5. The second kappa shape index (κ2) is 6.53. The molecule has 2 fully saturated rings. The van der Waals surface area contributed by atoms with Gasteiger partial charge in [0.15, 0.2) is 0 Å². The Morgan fingerprint density at radius 2 is 2.06 bits per heavy atom. The summed E-state index contributed by atoms with van der Waals surface area (Å²) in [6.45, 7) is 6.37. The molecule has 0 aromatic heterocycles. The first-order valence-corrected chi connectivity index (χ1v) is 7.50. The third-order valence-corrected chi connectivity index (χ3v) is 4.32. The number of nitrogens with zero attached hydrogens (tertiary/aromatic N) is 2. The Hall–Kier alpha value is -0.610. The summed E-state index contributed by atoms with van der Waals surface area (Å²) in [4.78, 5) is 16.7. The predicted molar refractivity (Wildman–Crippen MR) is 73.3 cm³/mol. The maximum atomic E-state index is 12.2. The molecule has 0 aliphatic carbocycles. The van der Waals surface area contributed by atoms with Gasteiger partial charge in [-0.3, -0.25) is 9.69 Å². The van der Waals surface area contributed by atoms with Crippen LogP contribution in [0.2, 0.25) is 0 Å². The Morgan fingerprint density at radius 3 is 2.72 bits per heavy atom. The van der Waals surface area contributed by atoms with Crippen LogP contribution in [0.1, 0.15) is 45.4 Å². The number of amides is 1. The van der Waals surface area contributed by atoms with E-state index in [9.17, 15) is 4.79 Å². The van der Waals surface area contributed by atoms with Gasteiger partial charge in [-0.05, 0) is 38.8 Å². The van der Waals surface area contributed by atoms with Crippen LogP contribution in [0.4, 0.5) is 0 Å². The molecule has 2 unspecified atom stereocenters. The average molecular weight is 253 g/mol. The van der Waals surface area contributed by atoms with Crippen molar-refractivity contribution >= 4 is 5.91 Å². The van der Waals surface area contributed by atoms with Crippen LogP contribution in [0.15, 0.2) is 0 Å². The fraction of sp³-hybridized carbons (Fsp3) is 0.929. The summed E-state index contributed by atoms with van der Waals surface area (Å²) < 4.78 is 0. The highest BCUT2D eigenvalue weighted by Crippen LogP contribution is 2.21. The van der Waals surface area contributed by atoms with Crippen LogP contribution in [0.25, 0.3) is 0 Å². The van der Waals surface area contributed by atoms with Crippen LogP contribution in [0.5, 0.6) is 0 Å². The van der Waals surface area contributed by atoms with Gasteiger partial charge < -0.3 is 10.6 Å². The molecule has 2 saturated heterocycles. The molecule has 0 spiro atoms. The topological polar surface area (TPSA) is 49.6 Å². The van der Waals surface area contributed by atoms with E-state index < -0.39 is 0 Å². The lowest BCUT2D eigenvalue weighted by molar-refractivity contribution is -0.131. The molecule has 18 heavy (non-hydrogen) atoms. The minimum Gasteiger partial charge on any atom is -0.340 e. The van der Waals surface area contributed by atoms with E-state index in [0.29, 0.717) is 6.04 Å². The molecule has 0 bridgehead atoms. The molecule has 1 amide bonds. The third-order valence-electron chi connectivity index (χ3n) is 4.32. The third kappa shape index (κ3) is 3.23. The van der Waals surface area contributed by atoms with Gasteiger partial charge in [-0.25, -0.2) is 0 Å². The van der Waals surface area contributed by atoms with E-state index in [1.54, 1.807) is 0 Å². The highest BCUT2D eigenvalue weighted by atomic mass is 16.2. The van der Waals surface area contributed by atoms with Crippen molar-refractivity contribution in [1.82, 2.24) is 9.80 Å². The van der Waals surface area contributed by atoms with Gasteiger partial charge >= 0.3 is 0 Å². The van der Waals surface area contributed by atoms with Gasteiger partial charge in [-0.2, -0.15) is 0 Å². The highest BCUT2D eigenvalue weighted by Gasteiger charge is 2.32. The Balaban J connectivity index is 1.78. The first-order chi connectivity index (χ1) is 8.72. The van der Waals surface area contributed by atoms with Crippen molar-refractivity contribution in [3.8, 4) is 0 Å². The molecule has 0 aromatic carbocycles. The predicted octanol–water partition coefficient (Wildman–Crippen LogP) is 1.20. The lowest BCUT2D eigenvalue weighted by Crippen LogP contribution is -2.44. The quantitative estimate of drug-likeness (QED) is 0.801. The molecular formula is C14H27N3O. The summed E-state index contributed by atoms with van der Waals surface area (Å²) in [6.07, 6.45) is 6.76. The maximum Gasteiger partial charge on any atom is 0.239 e. The SMILES string of the molecule is CCCCC(N)C(=O)N1CCC(N2CCCC2)C1. The Kier molecular flexibility index (Phi) is 5.01. The van der Waals surface area contributed by atoms with Gasteiger partial charge in [-0.1, -0.05) is 19.8 Å². The van der Waals surface area contributed by atoms with Crippen molar-refractivity contribution in [1.29, 1.82) is 0 Å². The van der Waals surface area contributed by atoms with Crippen LogP contribution >= 0.6 is 0 Å². The lowest BCUT2D eigenvalue weighted by atomic mass is 10.1. The zero-order valence-corrected chi connectivity index (χ0v) is 11.6. The van der Waals surface area contributed by atoms with Crippen LogP contribution in [-0.4, -0.2) is 54.0 Å². The lowest BCUT2D eigenvalue weighted by Gasteiger charge is -2.25. The monoisotopic (exact) mass is 253 g/mol. The van der Waals surface area contributed by atoms with E-state index in [2.05, 4.69) is 11.8 Å². The van der Waals surface area contributed by atoms with Crippen LogP contribution < -0.4 is 5.73 Å². The summed E-state index contributed by atoms with van der Waals surface area (Å²) in [5, 5.41) is 0. The molecule has 0 radical (unpaired) electrons. The van der Waals surface area contributed by atoms with Crippen molar-refractivity contribution in [2.75, 3.05) is 26.2 Å². The molecule has 2 rings (SSSR count). The van der Waals surface area contributed by atoms with Crippen molar-refractivity contribution in [2.24, 2.45) is 5.73 Å². The number of unbranched alkanes of at least 4 members (excludes halogenated alkanes) is 1. The van der Waals surface area contributed by atoms with Crippen LogP contribution in [-0.2, 0) is 4.79 Å². The maximum absolute atomic E-state index is 12.2. The zero-order valence-electron chi connectivity index (χ0n) is 11.6. The van der Waals surface area contributed by atoms with Crippen LogP contribution in [0, 0.1) is 0 Å². The molecule has 4 nitrogen and oxygen atoms in total. The molecule has 2 N–H and O–H groups in total. The van der Waals surface area contributed by atoms with E-state index in [1.165, 1.54) is 25.9 Å². The molecule has 2 aliphatic rings. The van der Waals surface area contributed by atoms with Gasteiger partial charge in [0.2, 0.25) is 5.91 Å². The van der Waals surface area contributed by atoms with Crippen molar-refractivity contribution < 1.29 is 4.79 Å². The van der Waals surface area contributed by atoms with Crippen LogP contribution in [0.3, 0.4) is 0 Å². The van der Waals surface area contributed by atoms with Crippen molar-refractivity contribution in [2.45, 2.75) is 57.5 Å². The summed E-state index contributed by atoms with van der Waals surface area (Å²) in [6, 6.07) is 0.317. The number of hydrogen-bond acceptors (Lipinski definition) is 3. The van der Waals surface area contributed by atoms with Gasteiger partial charge in [0.1, 0.15) is 0 Å². The van der Waals surface area contributed by atoms with E-state index in [-0.39, 0.29) is 11.9 Å². The second-order valence-corrected chi connectivity index (χ2v) is 5.72. The smallest absolute Gasteiger partial charge is 0.239 e. The Labute approximate surface area is 110 Å². The molecular weight excluding hydrogens is 226 g/mol. The second-order valence-electron chi connectivity index (χ2n) is 5.72. The Bertz CT molecular complexity index is 276. The summed E-state index contributed by atoms with van der Waals surface area (Å²) in [5.74, 6) is 0.171. The van der Waals surface area contributed by atoms with Crippen molar-refractivity contribution in [3.63, 3.8) is 0 Å². The van der Waals surface area contributed by atoms with E-state index in [0.717, 1.165) is 38.8 Å². The molecule has 104 valence electrons. The number of carbonyl (C=O) groups excluding carboxylic acids is 1. The summed E-state index contributed by atoms with van der Waals surface area (Å²) in [5.41, 5.74) is 5.98. The summed E-state index contributed by atoms with van der Waals surface area (Å²) >= 11 is 0. The molecule has 2 heterocycles. The normalized spacial score (nSPS) is 26.8. The largest absolute Gasteiger partial charge is 0.340 e. The van der Waals surface area contributed by atoms with Gasteiger partial charge in [0.05, 0.1) is 6.04 Å². The zero-order chi connectivity index (χ0) is 13.0.